The summed E-state index contributed by atoms with van der Waals surface area (Å²) in [6, 6.07) is 2.71. The molecule has 2 rings (SSSR count). The molecule has 0 heterocycles. The minimum absolute atomic E-state index is 0.0158. The summed E-state index contributed by atoms with van der Waals surface area (Å²) < 4.78 is 5.05. The molecule has 0 unspecified atom stereocenters. The summed E-state index contributed by atoms with van der Waals surface area (Å²) in [4.78, 5) is 23.3. The van der Waals surface area contributed by atoms with Gasteiger partial charge in [0.2, 0.25) is 5.91 Å². The standard InChI is InChI=1S/C16H19ClN2O4S/c1-23-13-8-12(11(17)7-10(13)15(21)22)18-16(24)19-14(20)9-5-3-2-4-6-9/h7-9H,2-6H2,1H3,(H,21,22)(H2,18,19,20,24). The van der Waals surface area contributed by atoms with Crippen LogP contribution < -0.4 is 15.4 Å². The summed E-state index contributed by atoms with van der Waals surface area (Å²) in [5.74, 6) is -1.11. The molecule has 0 saturated heterocycles. The summed E-state index contributed by atoms with van der Waals surface area (Å²) in [5.41, 5.74) is 0.317. The molecule has 1 aliphatic rings. The number of hydrogen-bond acceptors (Lipinski definition) is 4. The number of anilines is 1. The number of carboxylic acid groups (broad SMARTS) is 1. The van der Waals surface area contributed by atoms with Crippen molar-refractivity contribution in [2.24, 2.45) is 5.92 Å². The van der Waals surface area contributed by atoms with Crippen molar-refractivity contribution in [3.63, 3.8) is 0 Å². The van der Waals surface area contributed by atoms with E-state index in [0.717, 1.165) is 32.1 Å². The maximum absolute atomic E-state index is 12.2. The predicted molar refractivity (Wildman–Crippen MR) is 95.9 cm³/mol. The van der Waals surface area contributed by atoms with Crippen molar-refractivity contribution in [3.8, 4) is 5.75 Å². The number of carbonyl (C=O) groups is 2. The fourth-order valence-corrected chi connectivity index (χ4v) is 3.14. The van der Waals surface area contributed by atoms with E-state index in [-0.39, 0.29) is 33.3 Å². The first-order valence-corrected chi connectivity index (χ1v) is 8.43. The summed E-state index contributed by atoms with van der Waals surface area (Å²) in [6.07, 6.45) is 5.01. The van der Waals surface area contributed by atoms with Crippen LogP contribution in [0.25, 0.3) is 0 Å². The lowest BCUT2D eigenvalue weighted by atomic mass is 9.89. The third-order valence-electron chi connectivity index (χ3n) is 3.98. The van der Waals surface area contributed by atoms with Crippen molar-refractivity contribution in [2.45, 2.75) is 32.1 Å². The molecule has 1 aromatic carbocycles. The van der Waals surface area contributed by atoms with Gasteiger partial charge in [0, 0.05) is 12.0 Å². The monoisotopic (exact) mass is 370 g/mol. The fourth-order valence-electron chi connectivity index (χ4n) is 2.72. The second-order valence-corrected chi connectivity index (χ2v) is 6.43. The Labute approximate surface area is 150 Å². The van der Waals surface area contributed by atoms with E-state index in [9.17, 15) is 9.59 Å². The number of hydrogen-bond donors (Lipinski definition) is 3. The first kappa shape index (κ1) is 18.5. The third kappa shape index (κ3) is 4.58. The highest BCUT2D eigenvalue weighted by Gasteiger charge is 2.22. The van der Waals surface area contributed by atoms with Gasteiger partial charge in [0.1, 0.15) is 11.3 Å². The van der Waals surface area contributed by atoms with Gasteiger partial charge < -0.3 is 20.5 Å². The Morgan fingerprint density at radius 1 is 1.29 bits per heavy atom. The molecule has 0 atom stereocenters. The minimum atomic E-state index is -1.14. The van der Waals surface area contributed by atoms with Crippen LogP contribution in [0.2, 0.25) is 5.02 Å². The first-order valence-electron chi connectivity index (χ1n) is 7.65. The maximum Gasteiger partial charge on any atom is 0.339 e. The molecule has 1 aromatic rings. The van der Waals surface area contributed by atoms with Gasteiger partial charge in [-0.2, -0.15) is 0 Å². The lowest BCUT2D eigenvalue weighted by molar-refractivity contribution is -0.124. The van der Waals surface area contributed by atoms with Crippen LogP contribution in [-0.4, -0.2) is 29.2 Å². The largest absolute Gasteiger partial charge is 0.496 e. The molecular formula is C16H19ClN2O4S. The molecule has 0 spiro atoms. The van der Waals surface area contributed by atoms with Gasteiger partial charge in [-0.25, -0.2) is 4.79 Å². The first-order chi connectivity index (χ1) is 11.4. The van der Waals surface area contributed by atoms with E-state index in [1.54, 1.807) is 0 Å². The third-order valence-corrected chi connectivity index (χ3v) is 4.50. The molecule has 3 N–H and O–H groups in total. The van der Waals surface area contributed by atoms with Gasteiger partial charge in [-0.1, -0.05) is 30.9 Å². The number of thiocarbonyl (C=S) groups is 1. The molecule has 0 bridgehead atoms. The number of carboxylic acids is 1. The van der Waals surface area contributed by atoms with Crippen LogP contribution in [0.15, 0.2) is 12.1 Å². The number of amides is 1. The van der Waals surface area contributed by atoms with Gasteiger partial charge in [-0.15, -0.1) is 0 Å². The van der Waals surface area contributed by atoms with Crippen molar-refractivity contribution in [3.05, 3.63) is 22.7 Å². The second-order valence-electron chi connectivity index (χ2n) is 5.62. The van der Waals surface area contributed by atoms with Crippen LogP contribution in [0.3, 0.4) is 0 Å². The Morgan fingerprint density at radius 2 is 1.96 bits per heavy atom. The van der Waals surface area contributed by atoms with E-state index in [1.807, 2.05) is 0 Å². The van der Waals surface area contributed by atoms with Crippen molar-refractivity contribution in [1.29, 1.82) is 0 Å². The Hall–Kier alpha value is -1.86. The number of ether oxygens (including phenoxy) is 1. The van der Waals surface area contributed by atoms with Crippen molar-refractivity contribution in [2.75, 3.05) is 12.4 Å². The van der Waals surface area contributed by atoms with Crippen LogP contribution >= 0.6 is 23.8 Å². The highest BCUT2D eigenvalue weighted by molar-refractivity contribution is 7.80. The second kappa shape index (κ2) is 8.30. The lowest BCUT2D eigenvalue weighted by Crippen LogP contribution is -2.39. The topological polar surface area (TPSA) is 87.7 Å². The average molecular weight is 371 g/mol. The maximum atomic E-state index is 12.2. The molecular weight excluding hydrogens is 352 g/mol. The number of methoxy groups -OCH3 is 1. The quantitative estimate of drug-likeness (QED) is 0.704. The summed E-state index contributed by atoms with van der Waals surface area (Å²) in [6.45, 7) is 0. The molecule has 1 aliphatic carbocycles. The number of halogens is 1. The van der Waals surface area contributed by atoms with Crippen LogP contribution in [0.1, 0.15) is 42.5 Å². The van der Waals surface area contributed by atoms with E-state index in [4.69, 9.17) is 33.7 Å². The summed E-state index contributed by atoms with van der Waals surface area (Å²) in [5, 5.41) is 14.9. The lowest BCUT2D eigenvalue weighted by Gasteiger charge is -2.21. The number of nitrogens with one attached hydrogen (secondary N) is 2. The molecule has 1 fully saturated rings. The average Bonchev–Trinajstić information content (AvgIpc) is 2.56. The van der Waals surface area contributed by atoms with E-state index < -0.39 is 5.97 Å². The van der Waals surface area contributed by atoms with Crippen LogP contribution in [0.4, 0.5) is 5.69 Å². The Kier molecular flexibility index (Phi) is 6.39. The van der Waals surface area contributed by atoms with E-state index >= 15 is 0 Å². The minimum Gasteiger partial charge on any atom is -0.496 e. The smallest absolute Gasteiger partial charge is 0.339 e. The Bertz CT molecular complexity index is 660. The molecule has 1 amide bonds. The zero-order valence-corrected chi connectivity index (χ0v) is 14.8. The highest BCUT2D eigenvalue weighted by Crippen LogP contribution is 2.31. The number of carbonyl (C=O) groups excluding carboxylic acids is 1. The molecule has 1 saturated carbocycles. The summed E-state index contributed by atoms with van der Waals surface area (Å²) >= 11 is 11.2. The molecule has 24 heavy (non-hydrogen) atoms. The van der Waals surface area contributed by atoms with Gasteiger partial charge in [0.25, 0.3) is 0 Å². The van der Waals surface area contributed by atoms with E-state index in [1.165, 1.54) is 19.2 Å². The van der Waals surface area contributed by atoms with Gasteiger partial charge >= 0.3 is 5.97 Å². The molecule has 8 heteroatoms. The van der Waals surface area contributed by atoms with Crippen molar-refractivity contribution >= 4 is 46.5 Å². The molecule has 0 aromatic heterocycles. The zero-order valence-electron chi connectivity index (χ0n) is 13.2. The van der Waals surface area contributed by atoms with Gasteiger partial charge in [0.05, 0.1) is 17.8 Å². The normalized spacial score (nSPS) is 14.8. The summed E-state index contributed by atoms with van der Waals surface area (Å²) in [7, 11) is 1.36. The molecule has 0 aliphatic heterocycles. The fraction of sp³-hybridized carbons (Fsp3) is 0.438. The molecule has 0 radical (unpaired) electrons. The highest BCUT2D eigenvalue weighted by atomic mass is 35.5. The van der Waals surface area contributed by atoms with Crippen molar-refractivity contribution in [1.82, 2.24) is 5.32 Å². The number of aromatic carboxylic acids is 1. The van der Waals surface area contributed by atoms with Crippen LogP contribution in [0, 0.1) is 5.92 Å². The molecule has 6 nitrogen and oxygen atoms in total. The SMILES string of the molecule is COc1cc(NC(=S)NC(=O)C2CCCCC2)c(Cl)cc1C(=O)O. The molecule has 130 valence electrons. The van der Waals surface area contributed by atoms with Gasteiger partial charge in [-0.3, -0.25) is 4.79 Å². The number of rotatable bonds is 4. The van der Waals surface area contributed by atoms with Gasteiger partial charge in [0.15, 0.2) is 5.11 Å². The van der Waals surface area contributed by atoms with E-state index in [2.05, 4.69) is 10.6 Å². The predicted octanol–water partition coefficient (Wildman–Crippen LogP) is 3.44. The van der Waals surface area contributed by atoms with Gasteiger partial charge in [-0.05, 0) is 31.1 Å². The van der Waals surface area contributed by atoms with Crippen LogP contribution in [-0.2, 0) is 4.79 Å². The Morgan fingerprint density at radius 3 is 2.54 bits per heavy atom. The number of benzene rings is 1. The zero-order chi connectivity index (χ0) is 17.7. The van der Waals surface area contributed by atoms with Crippen LogP contribution in [0.5, 0.6) is 5.75 Å². The Balaban J connectivity index is 2.05. The van der Waals surface area contributed by atoms with E-state index in [0.29, 0.717) is 5.69 Å². The van der Waals surface area contributed by atoms with Crippen molar-refractivity contribution < 1.29 is 19.4 Å².